The molecule has 0 atom stereocenters. The molecule has 1 aromatic rings. The summed E-state index contributed by atoms with van der Waals surface area (Å²) in [5.41, 5.74) is 2.58. The van der Waals surface area contributed by atoms with Gasteiger partial charge in [-0.15, -0.1) is 5.10 Å². The first-order chi connectivity index (χ1) is 6.54. The predicted octanol–water partition coefficient (Wildman–Crippen LogP) is 0.678. The summed E-state index contributed by atoms with van der Waals surface area (Å²) in [5.74, 6) is 0. The summed E-state index contributed by atoms with van der Waals surface area (Å²) in [4.78, 5) is 1.16. The fraction of sp³-hybridized carbons (Fsp3) is 0.571. The molecule has 2 N–H and O–H groups in total. The lowest BCUT2D eigenvalue weighted by Crippen LogP contribution is -2.18. The number of rotatable bonds is 1. The van der Waals surface area contributed by atoms with Crippen molar-refractivity contribution in [2.45, 2.75) is 19.3 Å². The summed E-state index contributed by atoms with van der Waals surface area (Å²) in [6, 6.07) is 0. The molecule has 0 spiro atoms. The van der Waals surface area contributed by atoms with Gasteiger partial charge in [0.1, 0.15) is 0 Å². The zero-order valence-corrected chi connectivity index (χ0v) is 7.44. The highest BCUT2D eigenvalue weighted by Crippen LogP contribution is 2.33. The first-order valence-corrected chi connectivity index (χ1v) is 4.10. The van der Waals surface area contributed by atoms with Crippen molar-refractivity contribution in [2.75, 3.05) is 12.5 Å². The second-order valence-electron chi connectivity index (χ2n) is 3.01. The van der Waals surface area contributed by atoms with Gasteiger partial charge in [0, 0.05) is 25.7 Å². The third kappa shape index (κ3) is 1.24. The van der Waals surface area contributed by atoms with Crippen molar-refractivity contribution < 1.29 is 13.2 Å². The van der Waals surface area contributed by atoms with Gasteiger partial charge in [0.2, 0.25) is 0 Å². The Labute approximate surface area is 78.1 Å². The molecular weight excluding hydrogens is 197 g/mol. The van der Waals surface area contributed by atoms with E-state index in [1.165, 1.54) is 7.05 Å². The Kier molecular flexibility index (Phi) is 1.91. The quantitative estimate of drug-likeness (QED) is 0.710. The van der Waals surface area contributed by atoms with Crippen LogP contribution in [0.3, 0.4) is 0 Å². The molecule has 2 rings (SSSR count). The highest BCUT2D eigenvalue weighted by molar-refractivity contribution is 5.31. The van der Waals surface area contributed by atoms with Crippen molar-refractivity contribution >= 4 is 0 Å². The topological polar surface area (TPSA) is 41.9 Å². The van der Waals surface area contributed by atoms with Crippen molar-refractivity contribution in [3.8, 4) is 0 Å². The van der Waals surface area contributed by atoms with Gasteiger partial charge in [-0.1, -0.05) is 0 Å². The zero-order chi connectivity index (χ0) is 10.3. The average Bonchev–Trinajstić information content (AvgIpc) is 2.59. The maximum Gasteiger partial charge on any atom is 0.435 e. The molecular formula is C7H9F3N4. The molecule has 0 unspecified atom stereocenters. The second kappa shape index (κ2) is 2.88. The monoisotopic (exact) mass is 206 g/mol. The molecule has 1 aromatic heterocycles. The molecule has 0 saturated heterocycles. The van der Waals surface area contributed by atoms with E-state index in [0.29, 0.717) is 12.2 Å². The Morgan fingerprint density at radius 3 is 2.71 bits per heavy atom. The molecule has 2 heterocycles. The minimum Gasteiger partial charge on any atom is -0.313 e. The standard InChI is InChI=1S/C7H9F3N4/c1-11-14-5-3-12-2-4(5)6(13-14)7(8,9)10/h11-12H,2-3H2,1H3. The Hall–Kier alpha value is -1.24. The van der Waals surface area contributed by atoms with E-state index in [2.05, 4.69) is 15.8 Å². The summed E-state index contributed by atoms with van der Waals surface area (Å²) >= 11 is 0. The number of nitrogens with one attached hydrogen (secondary N) is 2. The first-order valence-electron chi connectivity index (χ1n) is 4.10. The number of hydrogen-bond acceptors (Lipinski definition) is 3. The molecule has 78 valence electrons. The van der Waals surface area contributed by atoms with Crippen LogP contribution in [0.15, 0.2) is 0 Å². The van der Waals surface area contributed by atoms with Crippen molar-refractivity contribution in [2.24, 2.45) is 0 Å². The zero-order valence-electron chi connectivity index (χ0n) is 7.44. The lowest BCUT2D eigenvalue weighted by molar-refractivity contribution is -0.142. The first kappa shape index (κ1) is 9.32. The number of halogens is 3. The Balaban J connectivity index is 2.52. The van der Waals surface area contributed by atoms with Gasteiger partial charge in [-0.2, -0.15) is 18.0 Å². The molecule has 0 saturated carbocycles. The van der Waals surface area contributed by atoms with E-state index in [0.717, 1.165) is 4.79 Å². The van der Waals surface area contributed by atoms with Gasteiger partial charge in [-0.25, -0.2) is 0 Å². The van der Waals surface area contributed by atoms with Gasteiger partial charge < -0.3 is 10.7 Å². The molecule has 7 heteroatoms. The van der Waals surface area contributed by atoms with Gasteiger partial charge >= 0.3 is 6.18 Å². The van der Waals surface area contributed by atoms with Crippen molar-refractivity contribution in [1.29, 1.82) is 0 Å². The highest BCUT2D eigenvalue weighted by atomic mass is 19.4. The summed E-state index contributed by atoms with van der Waals surface area (Å²) in [6.07, 6.45) is -4.38. The van der Waals surface area contributed by atoms with Crippen LogP contribution in [-0.2, 0) is 19.3 Å². The molecule has 0 aliphatic carbocycles. The molecule has 4 nitrogen and oxygen atoms in total. The van der Waals surface area contributed by atoms with E-state index in [-0.39, 0.29) is 12.1 Å². The van der Waals surface area contributed by atoms with Crippen molar-refractivity contribution in [1.82, 2.24) is 15.2 Å². The van der Waals surface area contributed by atoms with Crippen LogP contribution in [0.25, 0.3) is 0 Å². The van der Waals surface area contributed by atoms with Crippen molar-refractivity contribution in [3.63, 3.8) is 0 Å². The number of aromatic nitrogens is 2. The lowest BCUT2D eigenvalue weighted by atomic mass is 10.2. The van der Waals surface area contributed by atoms with E-state index >= 15 is 0 Å². The molecule has 0 fully saturated rings. The minimum atomic E-state index is -4.38. The van der Waals surface area contributed by atoms with Gasteiger partial charge in [0.05, 0.1) is 5.69 Å². The van der Waals surface area contributed by atoms with Gasteiger partial charge in [-0.05, 0) is 0 Å². The Bertz CT molecular complexity index is 355. The number of nitrogens with zero attached hydrogens (tertiary/aromatic N) is 2. The number of alkyl halides is 3. The molecule has 0 aromatic carbocycles. The summed E-state index contributed by atoms with van der Waals surface area (Å²) < 4.78 is 37.4. The Morgan fingerprint density at radius 1 is 1.43 bits per heavy atom. The highest BCUT2D eigenvalue weighted by Gasteiger charge is 2.40. The lowest BCUT2D eigenvalue weighted by Gasteiger charge is -2.04. The average molecular weight is 206 g/mol. The minimum absolute atomic E-state index is 0.228. The molecule has 0 amide bonds. The van der Waals surface area contributed by atoms with E-state index < -0.39 is 11.9 Å². The smallest absolute Gasteiger partial charge is 0.313 e. The number of fused-ring (bicyclic) bond motifs is 1. The second-order valence-corrected chi connectivity index (χ2v) is 3.01. The molecule has 1 aliphatic rings. The molecule has 0 radical (unpaired) electrons. The fourth-order valence-corrected chi connectivity index (χ4v) is 1.57. The summed E-state index contributed by atoms with van der Waals surface area (Å²) in [7, 11) is 1.53. The van der Waals surface area contributed by atoms with E-state index in [9.17, 15) is 13.2 Å². The third-order valence-electron chi connectivity index (χ3n) is 2.16. The summed E-state index contributed by atoms with van der Waals surface area (Å²) in [5, 5.41) is 6.32. The SMILES string of the molecule is CNn1nc(C(F)(F)F)c2c1CNC2. The number of hydrogen-bond donors (Lipinski definition) is 2. The Morgan fingerprint density at radius 2 is 2.14 bits per heavy atom. The van der Waals surface area contributed by atoms with Crippen LogP contribution in [-0.4, -0.2) is 16.9 Å². The van der Waals surface area contributed by atoms with Crippen LogP contribution in [0, 0.1) is 0 Å². The maximum atomic E-state index is 12.5. The molecule has 0 bridgehead atoms. The van der Waals surface area contributed by atoms with E-state index in [1.807, 2.05) is 0 Å². The van der Waals surface area contributed by atoms with Crippen LogP contribution in [0.2, 0.25) is 0 Å². The van der Waals surface area contributed by atoms with Crippen molar-refractivity contribution in [3.05, 3.63) is 17.0 Å². The van der Waals surface area contributed by atoms with Gasteiger partial charge in [-0.3, -0.25) is 0 Å². The fourth-order valence-electron chi connectivity index (χ4n) is 1.57. The van der Waals surface area contributed by atoms with Crippen LogP contribution < -0.4 is 10.7 Å². The van der Waals surface area contributed by atoms with E-state index in [4.69, 9.17) is 0 Å². The van der Waals surface area contributed by atoms with Gasteiger partial charge in [0.15, 0.2) is 5.69 Å². The maximum absolute atomic E-state index is 12.5. The predicted molar refractivity (Wildman–Crippen MR) is 43.1 cm³/mol. The van der Waals surface area contributed by atoms with Crippen LogP contribution in [0.5, 0.6) is 0 Å². The van der Waals surface area contributed by atoms with Crippen LogP contribution in [0.1, 0.15) is 17.0 Å². The third-order valence-corrected chi connectivity index (χ3v) is 2.16. The molecule has 1 aliphatic heterocycles. The normalized spacial score (nSPS) is 15.7. The molecule has 14 heavy (non-hydrogen) atoms. The summed E-state index contributed by atoms with van der Waals surface area (Å²) in [6.45, 7) is 0.644. The van der Waals surface area contributed by atoms with Crippen LogP contribution in [0.4, 0.5) is 13.2 Å². The van der Waals surface area contributed by atoms with E-state index in [1.54, 1.807) is 0 Å². The van der Waals surface area contributed by atoms with Crippen LogP contribution >= 0.6 is 0 Å². The van der Waals surface area contributed by atoms with Gasteiger partial charge in [0.25, 0.3) is 0 Å². The largest absolute Gasteiger partial charge is 0.435 e.